The normalized spacial score (nSPS) is 55.1. The van der Waals surface area contributed by atoms with Crippen LogP contribution in [0.25, 0.3) is 0 Å². The fraction of sp³-hybridized carbons (Fsp3) is 1.00. The first-order valence-electron chi connectivity index (χ1n) is 12.4. The zero-order valence-electron chi connectivity index (χ0n) is 20.4. The van der Waals surface area contributed by atoms with Gasteiger partial charge in [-0.1, -0.05) is 0 Å². The van der Waals surface area contributed by atoms with Gasteiger partial charge in [0, 0.05) is 12.1 Å². The largest absolute Gasteiger partial charge is 0.389 e. The van der Waals surface area contributed by atoms with Crippen LogP contribution in [0.15, 0.2) is 0 Å². The maximum Gasteiger partial charge on any atom is 0.189 e. The van der Waals surface area contributed by atoms with Crippen molar-refractivity contribution in [2.45, 2.75) is 117 Å². The summed E-state index contributed by atoms with van der Waals surface area (Å²) in [5.41, 5.74) is 23.9. The number of hydrogen-bond acceptors (Lipinski definition) is 15. The van der Waals surface area contributed by atoms with E-state index in [1.807, 2.05) is 0 Å². The second kappa shape index (κ2) is 11.8. The highest BCUT2D eigenvalue weighted by Crippen LogP contribution is 2.35. The number of aliphatic hydroxyl groups is 5. The first-order chi connectivity index (χ1) is 17.5. The van der Waals surface area contributed by atoms with E-state index in [9.17, 15) is 29.9 Å². The van der Waals surface area contributed by atoms with E-state index in [4.69, 9.17) is 46.6 Å². The van der Waals surface area contributed by atoms with Crippen molar-refractivity contribution in [3.05, 3.63) is 0 Å². The smallest absolute Gasteiger partial charge is 0.189 e. The fourth-order valence-corrected chi connectivity index (χ4v) is 5.43. The quantitative estimate of drug-likeness (QED) is 0.150. The molecule has 3 heterocycles. The Morgan fingerprint density at radius 2 is 1.46 bits per heavy atom. The second-order valence-electron chi connectivity index (χ2n) is 10.3. The highest BCUT2D eigenvalue weighted by atomic mass is 19.1. The molecule has 4 aliphatic rings. The number of nitrogens with two attached hydrogens (primary N) is 4. The number of rotatable bonds is 6. The Morgan fingerprint density at radius 3 is 2.11 bits per heavy atom. The number of ether oxygens (including phenoxy) is 5. The fourth-order valence-electron chi connectivity index (χ4n) is 5.43. The first-order valence-corrected chi connectivity index (χ1v) is 12.4. The van der Waals surface area contributed by atoms with E-state index in [2.05, 4.69) is 5.32 Å². The van der Waals surface area contributed by atoms with Gasteiger partial charge in [0.1, 0.15) is 49.4 Å². The first kappa shape index (κ1) is 29.3. The zero-order chi connectivity index (χ0) is 27.2. The van der Waals surface area contributed by atoms with E-state index >= 15 is 0 Å². The molecule has 15 nitrogen and oxygen atoms in total. The van der Waals surface area contributed by atoms with E-state index in [1.54, 1.807) is 0 Å². The molecule has 1 aliphatic carbocycles. The van der Waals surface area contributed by atoms with Gasteiger partial charge in [-0.2, -0.15) is 0 Å². The van der Waals surface area contributed by atoms with Gasteiger partial charge in [0.25, 0.3) is 0 Å². The molecule has 16 heteroatoms. The van der Waals surface area contributed by atoms with Crippen molar-refractivity contribution in [2.75, 3.05) is 13.7 Å². The van der Waals surface area contributed by atoms with E-state index in [0.29, 0.717) is 0 Å². The number of aliphatic hydroxyl groups excluding tert-OH is 5. The molecule has 0 bridgehead atoms. The van der Waals surface area contributed by atoms with Gasteiger partial charge in [0.05, 0.1) is 30.3 Å². The summed E-state index contributed by atoms with van der Waals surface area (Å²) in [6.45, 7) is -1.01. The third-order valence-corrected chi connectivity index (χ3v) is 7.72. The van der Waals surface area contributed by atoms with Crippen molar-refractivity contribution in [3.8, 4) is 0 Å². The molecular weight excluding hydrogens is 501 g/mol. The zero-order valence-corrected chi connectivity index (χ0v) is 20.4. The summed E-state index contributed by atoms with van der Waals surface area (Å²) in [6, 6.07) is -4.24. The maximum atomic E-state index is 13.3. The van der Waals surface area contributed by atoms with Gasteiger partial charge in [-0.3, -0.25) is 0 Å². The Bertz CT molecular complexity index is 761. The average molecular weight is 542 g/mol. The summed E-state index contributed by atoms with van der Waals surface area (Å²) in [5, 5.41) is 55.1. The highest BCUT2D eigenvalue weighted by Gasteiger charge is 2.54. The summed E-state index contributed by atoms with van der Waals surface area (Å²) in [4.78, 5) is 0. The third kappa shape index (κ3) is 5.65. The number of nitrogens with one attached hydrogen (secondary N) is 1. The lowest BCUT2D eigenvalue weighted by Crippen LogP contribution is -2.70. The van der Waals surface area contributed by atoms with Crippen LogP contribution in [0.1, 0.15) is 12.8 Å². The summed E-state index contributed by atoms with van der Waals surface area (Å²) in [6.07, 6.45) is -14.3. The van der Waals surface area contributed by atoms with Crippen LogP contribution < -0.4 is 28.3 Å². The molecule has 0 spiro atoms. The van der Waals surface area contributed by atoms with E-state index in [1.165, 1.54) is 7.05 Å². The molecule has 9 unspecified atom stereocenters. The standard InChI is InChI=1S/C21H40FN5O10/c1-27-11-14(30)18-8(33-20(11)37-21-16(32)13(29)10(26)9(4-22)34-21)3-7(25)19(36-18)35-17-6(24)2-5(23)12(28)15(17)31/h5-21,27-32H,2-4,23-26H2,1H3/t5-,6?,7?,8+,9?,10-,11?,12?,13+,14?,15-,16?,17-,18?,19+,20?,21-/m1/s1. The van der Waals surface area contributed by atoms with Gasteiger partial charge in [0.2, 0.25) is 0 Å². The van der Waals surface area contributed by atoms with Crippen LogP contribution in [-0.4, -0.2) is 143 Å². The van der Waals surface area contributed by atoms with Crippen molar-refractivity contribution in [3.63, 3.8) is 0 Å². The molecule has 1 saturated carbocycles. The Balaban J connectivity index is 1.43. The van der Waals surface area contributed by atoms with Crippen LogP contribution in [0.5, 0.6) is 0 Å². The maximum absolute atomic E-state index is 13.3. The molecule has 0 aromatic carbocycles. The molecule has 3 aliphatic heterocycles. The molecular formula is C21H40FN5O10. The summed E-state index contributed by atoms with van der Waals surface area (Å²) >= 11 is 0. The minimum atomic E-state index is -1.59. The van der Waals surface area contributed by atoms with Crippen molar-refractivity contribution < 1.29 is 53.6 Å². The lowest BCUT2D eigenvalue weighted by atomic mass is 9.84. The molecule has 4 rings (SSSR count). The van der Waals surface area contributed by atoms with E-state index in [-0.39, 0.29) is 12.8 Å². The second-order valence-corrected chi connectivity index (χ2v) is 10.3. The van der Waals surface area contributed by atoms with Crippen molar-refractivity contribution in [1.29, 1.82) is 0 Å². The Morgan fingerprint density at radius 1 is 0.757 bits per heavy atom. The highest BCUT2D eigenvalue weighted by molar-refractivity contribution is 5.01. The molecule has 0 radical (unpaired) electrons. The van der Waals surface area contributed by atoms with Crippen LogP contribution in [0.3, 0.4) is 0 Å². The van der Waals surface area contributed by atoms with Crippen LogP contribution in [0.4, 0.5) is 4.39 Å². The SMILES string of the molecule is CNC1C(O[C@H]2OC(CF)[C@@H](N)[C@H](O)C2O)O[C@H]2CC(N)[C@@H](O[C@@H]3C(N)C[C@@H](N)C(O)[C@H]3O)OC2C1O. The molecule has 14 N–H and O–H groups in total. The Hall–Kier alpha value is -0.670. The van der Waals surface area contributed by atoms with E-state index in [0.717, 1.165) is 0 Å². The molecule has 4 fully saturated rings. The molecule has 37 heavy (non-hydrogen) atoms. The third-order valence-electron chi connectivity index (χ3n) is 7.72. The predicted molar refractivity (Wildman–Crippen MR) is 122 cm³/mol. The van der Waals surface area contributed by atoms with Crippen LogP contribution in [0.2, 0.25) is 0 Å². The molecule has 17 atom stereocenters. The summed E-state index contributed by atoms with van der Waals surface area (Å²) in [7, 11) is 1.53. The molecule has 0 aromatic heterocycles. The van der Waals surface area contributed by atoms with Gasteiger partial charge in [-0.05, 0) is 19.9 Å². The average Bonchev–Trinajstić information content (AvgIpc) is 2.86. The summed E-state index contributed by atoms with van der Waals surface area (Å²) in [5.74, 6) is 0. The predicted octanol–water partition coefficient (Wildman–Crippen LogP) is -5.97. The lowest BCUT2D eigenvalue weighted by Gasteiger charge is -2.51. The molecule has 216 valence electrons. The number of alkyl halides is 1. The van der Waals surface area contributed by atoms with Crippen molar-refractivity contribution in [2.24, 2.45) is 22.9 Å². The van der Waals surface area contributed by atoms with Gasteiger partial charge < -0.3 is 77.5 Å². The lowest BCUT2D eigenvalue weighted by molar-refractivity contribution is -0.372. The van der Waals surface area contributed by atoms with E-state index < -0.39 is 111 Å². The van der Waals surface area contributed by atoms with Gasteiger partial charge >= 0.3 is 0 Å². The van der Waals surface area contributed by atoms with Crippen LogP contribution >= 0.6 is 0 Å². The van der Waals surface area contributed by atoms with Crippen molar-refractivity contribution in [1.82, 2.24) is 5.32 Å². The number of fused-ring (bicyclic) bond motifs is 1. The van der Waals surface area contributed by atoms with Crippen LogP contribution in [-0.2, 0) is 23.7 Å². The summed E-state index contributed by atoms with van der Waals surface area (Å²) < 4.78 is 42.3. The van der Waals surface area contributed by atoms with Crippen molar-refractivity contribution >= 4 is 0 Å². The monoisotopic (exact) mass is 541 g/mol. The molecule has 0 aromatic rings. The van der Waals surface area contributed by atoms with Crippen LogP contribution in [0, 0.1) is 0 Å². The molecule has 0 amide bonds. The Labute approximate surface area is 213 Å². The number of halogens is 1. The topological polar surface area (TPSA) is 263 Å². The van der Waals surface area contributed by atoms with Gasteiger partial charge in [0.15, 0.2) is 18.9 Å². The minimum Gasteiger partial charge on any atom is -0.389 e. The van der Waals surface area contributed by atoms with Gasteiger partial charge in [-0.25, -0.2) is 4.39 Å². The minimum absolute atomic E-state index is 0.136. The molecule has 3 saturated heterocycles. The van der Waals surface area contributed by atoms with Gasteiger partial charge in [-0.15, -0.1) is 0 Å². The Kier molecular flexibility index (Phi) is 9.37. The number of likely N-dealkylation sites (N-methyl/N-ethyl adjacent to an activating group) is 1. The number of hydrogen-bond donors (Lipinski definition) is 10.